The van der Waals surface area contributed by atoms with E-state index in [0.29, 0.717) is 0 Å². The third-order valence-electron chi connectivity index (χ3n) is 3.62. The van der Waals surface area contributed by atoms with Crippen molar-refractivity contribution in [2.45, 2.75) is 26.2 Å². The van der Waals surface area contributed by atoms with Crippen molar-refractivity contribution in [1.82, 2.24) is 0 Å². The van der Waals surface area contributed by atoms with Gasteiger partial charge in [-0.05, 0) is 26.8 Å². The highest BCUT2D eigenvalue weighted by Crippen LogP contribution is 2.38. The summed E-state index contributed by atoms with van der Waals surface area (Å²) in [5, 5.41) is 0. The maximum absolute atomic E-state index is 13.2. The molecule has 0 aliphatic carbocycles. The Hall–Kier alpha value is -1.70. The third kappa shape index (κ3) is 1.92. The molecule has 0 unspecified atom stereocenters. The number of rotatable bonds is 2. The normalized spacial score (nSPS) is 18.6. The van der Waals surface area contributed by atoms with Crippen LogP contribution in [0.3, 0.4) is 0 Å². The number of halogens is 1. The van der Waals surface area contributed by atoms with Crippen molar-refractivity contribution in [1.29, 1.82) is 0 Å². The molecule has 94 valence electrons. The van der Waals surface area contributed by atoms with Gasteiger partial charge in [0.1, 0.15) is 12.9 Å². The minimum absolute atomic E-state index is 0.0874. The highest BCUT2D eigenvalue weighted by Gasteiger charge is 2.42. The average molecular weight is 244 g/mol. The van der Waals surface area contributed by atoms with E-state index >= 15 is 0 Å². The minimum Gasteiger partial charge on any atom is -0.207 e. The molecule has 0 saturated carbocycles. The molecule has 0 spiro atoms. The molecule has 2 rings (SSSR count). The van der Waals surface area contributed by atoms with Gasteiger partial charge in [0.15, 0.2) is 5.71 Å². The summed E-state index contributed by atoms with van der Waals surface area (Å²) in [5.74, 6) is -0.206. The van der Waals surface area contributed by atoms with Gasteiger partial charge >= 0.3 is 0 Å². The van der Waals surface area contributed by atoms with Crippen LogP contribution in [0.5, 0.6) is 0 Å². The predicted molar refractivity (Wildman–Crippen MR) is 74.3 cm³/mol. The first kappa shape index (κ1) is 12.7. The predicted octanol–water partition coefficient (Wildman–Crippen LogP) is 4.12. The Bertz CT molecular complexity index is 562. The lowest BCUT2D eigenvalue weighted by atomic mass is 9.81. The summed E-state index contributed by atoms with van der Waals surface area (Å²) in [7, 11) is 2.03. The Morgan fingerprint density at radius 2 is 1.94 bits per heavy atom. The van der Waals surface area contributed by atoms with Gasteiger partial charge in [-0.1, -0.05) is 24.3 Å². The van der Waals surface area contributed by atoms with Crippen molar-refractivity contribution in [2.75, 3.05) is 7.05 Å². The topological polar surface area (TPSA) is 3.01 Å². The number of para-hydroxylation sites is 1. The molecule has 1 aromatic rings. The van der Waals surface area contributed by atoms with E-state index < -0.39 is 0 Å². The monoisotopic (exact) mass is 244 g/mol. The summed E-state index contributed by atoms with van der Waals surface area (Å²) in [6.07, 6.45) is 4.86. The second-order valence-corrected chi connectivity index (χ2v) is 5.09. The van der Waals surface area contributed by atoms with Crippen LogP contribution >= 0.6 is 0 Å². The lowest BCUT2D eigenvalue weighted by molar-refractivity contribution is -0.401. The smallest absolute Gasteiger partial charge is 0.207 e. The molecule has 1 aromatic carbocycles. The molecule has 0 saturated heterocycles. The minimum atomic E-state index is -0.206. The summed E-state index contributed by atoms with van der Waals surface area (Å²) in [4.78, 5) is 0. The number of fused-ring (bicyclic) bond motifs is 1. The summed E-state index contributed by atoms with van der Waals surface area (Å²) < 4.78 is 15.4. The number of hydrogen-bond acceptors (Lipinski definition) is 0. The number of allylic oxidation sites excluding steroid dienone is 4. The van der Waals surface area contributed by atoms with E-state index in [1.165, 1.54) is 23.4 Å². The van der Waals surface area contributed by atoms with Crippen molar-refractivity contribution >= 4 is 11.4 Å². The highest BCUT2D eigenvalue weighted by atomic mass is 19.1. The van der Waals surface area contributed by atoms with Gasteiger partial charge < -0.3 is 0 Å². The SMILES string of the molecule is C/C=C(F)\C=C\C1=[N+](C)c2ccccc2C1(C)C. The van der Waals surface area contributed by atoms with E-state index in [0.717, 1.165) is 5.71 Å². The first-order valence-corrected chi connectivity index (χ1v) is 6.19. The summed E-state index contributed by atoms with van der Waals surface area (Å²) in [6.45, 7) is 6.04. The fraction of sp³-hybridized carbons (Fsp3) is 0.312. The van der Waals surface area contributed by atoms with Crippen LogP contribution in [-0.4, -0.2) is 17.3 Å². The van der Waals surface area contributed by atoms with E-state index in [2.05, 4.69) is 30.6 Å². The Labute approximate surface area is 108 Å². The largest absolute Gasteiger partial charge is 0.209 e. The molecule has 0 radical (unpaired) electrons. The Morgan fingerprint density at radius 1 is 1.28 bits per heavy atom. The Kier molecular flexibility index (Phi) is 3.20. The molecule has 0 bridgehead atoms. The van der Waals surface area contributed by atoms with Gasteiger partial charge in [0, 0.05) is 17.7 Å². The van der Waals surface area contributed by atoms with Gasteiger partial charge in [-0.15, -0.1) is 0 Å². The van der Waals surface area contributed by atoms with Crippen molar-refractivity contribution in [3.8, 4) is 0 Å². The zero-order valence-electron chi connectivity index (χ0n) is 11.4. The average Bonchev–Trinajstić information content (AvgIpc) is 2.56. The van der Waals surface area contributed by atoms with E-state index in [1.54, 1.807) is 6.92 Å². The molecule has 18 heavy (non-hydrogen) atoms. The standard InChI is InChI=1S/C16H19FN/c1-5-12(17)10-11-15-16(2,3)13-8-6-7-9-14(13)18(15)4/h5-11H,1-4H3/q+1/b11-10+,12-5+. The van der Waals surface area contributed by atoms with Crippen LogP contribution in [0.25, 0.3) is 0 Å². The summed E-state index contributed by atoms with van der Waals surface area (Å²) >= 11 is 0. The summed E-state index contributed by atoms with van der Waals surface area (Å²) in [6, 6.07) is 8.32. The summed E-state index contributed by atoms with van der Waals surface area (Å²) in [5.41, 5.74) is 3.51. The molecule has 1 heterocycles. The van der Waals surface area contributed by atoms with Gasteiger partial charge in [-0.3, -0.25) is 0 Å². The fourth-order valence-electron chi connectivity index (χ4n) is 2.56. The lowest BCUT2D eigenvalue weighted by Gasteiger charge is -2.14. The van der Waals surface area contributed by atoms with E-state index in [9.17, 15) is 4.39 Å². The van der Waals surface area contributed by atoms with Crippen LogP contribution in [-0.2, 0) is 5.41 Å². The van der Waals surface area contributed by atoms with Gasteiger partial charge in [-0.25, -0.2) is 4.39 Å². The molecule has 0 fully saturated rings. The van der Waals surface area contributed by atoms with Crippen LogP contribution in [0.1, 0.15) is 26.3 Å². The van der Waals surface area contributed by atoms with Gasteiger partial charge in [0.05, 0.1) is 5.41 Å². The Morgan fingerprint density at radius 3 is 2.56 bits per heavy atom. The lowest BCUT2D eigenvalue weighted by Crippen LogP contribution is -2.26. The van der Waals surface area contributed by atoms with Gasteiger partial charge in [-0.2, -0.15) is 4.58 Å². The quantitative estimate of drug-likeness (QED) is 0.544. The van der Waals surface area contributed by atoms with E-state index in [1.807, 2.05) is 25.3 Å². The maximum atomic E-state index is 13.2. The van der Waals surface area contributed by atoms with Crippen LogP contribution in [0.15, 0.2) is 48.3 Å². The number of benzene rings is 1. The fourth-order valence-corrected chi connectivity index (χ4v) is 2.56. The van der Waals surface area contributed by atoms with E-state index in [-0.39, 0.29) is 11.2 Å². The third-order valence-corrected chi connectivity index (χ3v) is 3.62. The van der Waals surface area contributed by atoms with Crippen molar-refractivity contribution < 1.29 is 8.97 Å². The molecule has 0 amide bonds. The molecule has 2 heteroatoms. The zero-order chi connectivity index (χ0) is 13.3. The van der Waals surface area contributed by atoms with Crippen molar-refractivity contribution in [2.24, 2.45) is 0 Å². The first-order valence-electron chi connectivity index (χ1n) is 6.19. The molecule has 1 aliphatic heterocycles. The van der Waals surface area contributed by atoms with Crippen molar-refractivity contribution in [3.63, 3.8) is 0 Å². The van der Waals surface area contributed by atoms with Crippen LogP contribution in [0, 0.1) is 0 Å². The first-order chi connectivity index (χ1) is 8.48. The zero-order valence-corrected chi connectivity index (χ0v) is 11.4. The maximum Gasteiger partial charge on any atom is 0.209 e. The van der Waals surface area contributed by atoms with Gasteiger partial charge in [0.25, 0.3) is 0 Å². The van der Waals surface area contributed by atoms with Crippen LogP contribution in [0.2, 0.25) is 0 Å². The second-order valence-electron chi connectivity index (χ2n) is 5.09. The van der Waals surface area contributed by atoms with E-state index in [4.69, 9.17) is 0 Å². The molecule has 1 aliphatic rings. The Balaban J connectivity index is 2.50. The highest BCUT2D eigenvalue weighted by molar-refractivity contribution is 6.03. The van der Waals surface area contributed by atoms with Crippen molar-refractivity contribution in [3.05, 3.63) is 53.9 Å². The molecule has 0 aromatic heterocycles. The van der Waals surface area contributed by atoms with Gasteiger partial charge in [0.2, 0.25) is 5.69 Å². The second kappa shape index (κ2) is 4.52. The molecular weight excluding hydrogens is 225 g/mol. The number of nitrogens with zero attached hydrogens (tertiary/aromatic N) is 1. The molecule has 0 atom stereocenters. The molecule has 0 N–H and O–H groups in total. The molecule has 1 nitrogen and oxygen atoms in total. The van der Waals surface area contributed by atoms with Crippen LogP contribution in [0.4, 0.5) is 10.1 Å². The molecular formula is C16H19FN+. The van der Waals surface area contributed by atoms with Crippen LogP contribution < -0.4 is 0 Å². The number of hydrogen-bond donors (Lipinski definition) is 0.